The maximum atomic E-state index is 11.5. The van der Waals surface area contributed by atoms with Gasteiger partial charge in [0.05, 0.1) is 5.92 Å². The van der Waals surface area contributed by atoms with Crippen LogP contribution in [0.5, 0.6) is 0 Å². The van der Waals surface area contributed by atoms with Crippen LogP contribution in [0.2, 0.25) is 5.82 Å². The average Bonchev–Trinajstić information content (AvgIpc) is 2.13. The number of hydrogen-bond donors (Lipinski definition) is 0. The van der Waals surface area contributed by atoms with Crippen molar-refractivity contribution in [3.63, 3.8) is 0 Å². The first-order chi connectivity index (χ1) is 3.52. The third kappa shape index (κ3) is 0.982. The van der Waals surface area contributed by atoms with Crippen LogP contribution in [0.25, 0.3) is 0 Å². The van der Waals surface area contributed by atoms with E-state index in [2.05, 4.69) is 0 Å². The molecule has 1 aliphatic carbocycles. The van der Waals surface area contributed by atoms with Crippen molar-refractivity contribution in [1.82, 2.24) is 0 Å². The molecule has 0 heterocycles. The molecule has 0 saturated heterocycles. The zero-order valence-electron chi connectivity index (χ0n) is 4.50. The van der Waals surface area contributed by atoms with Crippen molar-refractivity contribution in [2.45, 2.75) is 18.4 Å². The Kier molecular flexibility index (Phi) is 1.06. The second-order valence-corrected chi connectivity index (χ2v) is 2.36. The van der Waals surface area contributed by atoms with Gasteiger partial charge in [0.25, 0.3) is 0 Å². The summed E-state index contributed by atoms with van der Waals surface area (Å²) < 4.78 is 34.5. The summed E-state index contributed by atoms with van der Waals surface area (Å²) in [5.74, 6) is -1.10. The van der Waals surface area contributed by atoms with Gasteiger partial charge in [0.15, 0.2) is 0 Å². The van der Waals surface area contributed by atoms with Gasteiger partial charge in [0.2, 0.25) is 0 Å². The molecule has 0 aliphatic heterocycles. The van der Waals surface area contributed by atoms with Crippen LogP contribution in [-0.4, -0.2) is 14.0 Å². The smallest absolute Gasteiger partial charge is 0.171 e. The third-order valence-electron chi connectivity index (χ3n) is 1.53. The number of alkyl halides is 3. The predicted octanol–water partition coefficient (Wildman–Crippen LogP) is 0.990. The molecule has 0 N–H and O–H groups in total. The van der Waals surface area contributed by atoms with Gasteiger partial charge in [0.1, 0.15) is 7.85 Å². The molecule has 1 rings (SSSR count). The summed E-state index contributed by atoms with van der Waals surface area (Å²) in [5.41, 5.74) is 0. The summed E-state index contributed by atoms with van der Waals surface area (Å²) in [7, 11) is 1.62. The molecule has 0 nitrogen and oxygen atoms in total. The van der Waals surface area contributed by atoms with E-state index in [1.807, 2.05) is 0 Å². The average molecular weight is 122 g/mol. The Labute approximate surface area is 46.5 Å². The Morgan fingerprint density at radius 1 is 1.38 bits per heavy atom. The Balaban J connectivity index is 2.39. The molecule has 0 spiro atoms. The quantitative estimate of drug-likeness (QED) is 0.420. The second kappa shape index (κ2) is 1.42. The van der Waals surface area contributed by atoms with Crippen molar-refractivity contribution < 1.29 is 13.2 Å². The van der Waals surface area contributed by atoms with Crippen molar-refractivity contribution in [3.8, 4) is 0 Å². The van der Waals surface area contributed by atoms with Crippen molar-refractivity contribution in [2.24, 2.45) is 5.92 Å². The van der Waals surface area contributed by atoms with Crippen molar-refractivity contribution in [2.75, 3.05) is 0 Å². The third-order valence-corrected chi connectivity index (χ3v) is 1.53. The van der Waals surface area contributed by atoms with Crippen molar-refractivity contribution in [3.05, 3.63) is 0 Å². The van der Waals surface area contributed by atoms with Crippen LogP contribution in [0.3, 0.4) is 0 Å². The summed E-state index contributed by atoms with van der Waals surface area (Å²) in [6.07, 6.45) is -3.58. The van der Waals surface area contributed by atoms with Crippen molar-refractivity contribution >= 4 is 7.85 Å². The Morgan fingerprint density at radius 2 is 1.75 bits per heavy atom. The van der Waals surface area contributed by atoms with Gasteiger partial charge in [-0.1, -0.05) is 5.82 Å². The maximum Gasteiger partial charge on any atom is 0.391 e. The highest BCUT2D eigenvalue weighted by atomic mass is 19.4. The number of halogens is 3. The van der Waals surface area contributed by atoms with Gasteiger partial charge in [-0.3, -0.25) is 0 Å². The SMILES string of the molecule is B[C@@H]1C[C@H]1C(F)(F)F. The Morgan fingerprint density at radius 3 is 1.75 bits per heavy atom. The first-order valence-corrected chi connectivity index (χ1v) is 2.58. The molecule has 4 heteroatoms. The molecule has 0 amide bonds. The van der Waals surface area contributed by atoms with Crippen LogP contribution < -0.4 is 0 Å². The molecule has 1 fully saturated rings. The molecule has 46 valence electrons. The fourth-order valence-corrected chi connectivity index (χ4v) is 0.778. The summed E-state index contributed by atoms with van der Waals surface area (Å²) in [4.78, 5) is 0. The topological polar surface area (TPSA) is 0 Å². The minimum atomic E-state index is -3.92. The van der Waals surface area contributed by atoms with Gasteiger partial charge in [-0.05, 0) is 6.42 Å². The molecule has 0 radical (unpaired) electrons. The second-order valence-electron chi connectivity index (χ2n) is 2.36. The molecule has 2 atom stereocenters. The highest BCUT2D eigenvalue weighted by molar-refractivity contribution is 6.13. The van der Waals surface area contributed by atoms with E-state index in [9.17, 15) is 13.2 Å². The fraction of sp³-hybridized carbons (Fsp3) is 1.00. The van der Waals surface area contributed by atoms with Gasteiger partial charge in [0, 0.05) is 0 Å². The van der Waals surface area contributed by atoms with E-state index in [0.29, 0.717) is 6.42 Å². The summed E-state index contributed by atoms with van der Waals surface area (Å²) >= 11 is 0. The van der Waals surface area contributed by atoms with E-state index >= 15 is 0 Å². The highest BCUT2D eigenvalue weighted by Crippen LogP contribution is 2.52. The molecular formula is C4H6BF3. The van der Waals surface area contributed by atoms with E-state index in [4.69, 9.17) is 0 Å². The summed E-state index contributed by atoms with van der Waals surface area (Å²) in [6, 6.07) is 0. The van der Waals surface area contributed by atoms with Crippen LogP contribution in [0.15, 0.2) is 0 Å². The van der Waals surface area contributed by atoms with Crippen LogP contribution in [0.4, 0.5) is 13.2 Å². The molecule has 0 aromatic rings. The zero-order valence-corrected chi connectivity index (χ0v) is 4.50. The minimum Gasteiger partial charge on any atom is -0.171 e. The lowest BCUT2D eigenvalue weighted by Gasteiger charge is -2.01. The Bertz CT molecular complexity index is 97.9. The summed E-state index contributed by atoms with van der Waals surface area (Å²) in [5, 5.41) is 0. The van der Waals surface area contributed by atoms with Crippen molar-refractivity contribution in [1.29, 1.82) is 0 Å². The number of rotatable bonds is 0. The first kappa shape index (κ1) is 5.98. The molecule has 0 unspecified atom stereocenters. The standard InChI is InChI=1S/C4H6BF3/c5-3-1-2(3)4(6,7)8/h2-3H,1,5H2/t2-,3-/m1/s1. The fourth-order valence-electron chi connectivity index (χ4n) is 0.778. The monoisotopic (exact) mass is 122 g/mol. The molecule has 8 heavy (non-hydrogen) atoms. The van der Waals surface area contributed by atoms with Gasteiger partial charge >= 0.3 is 6.18 Å². The minimum absolute atomic E-state index is 0.116. The van der Waals surface area contributed by atoms with Crippen LogP contribution in [0, 0.1) is 5.92 Å². The normalized spacial score (nSPS) is 37.4. The molecule has 1 aliphatic rings. The first-order valence-electron chi connectivity index (χ1n) is 2.58. The van der Waals surface area contributed by atoms with E-state index < -0.39 is 12.1 Å². The lowest BCUT2D eigenvalue weighted by Crippen LogP contribution is -2.10. The van der Waals surface area contributed by atoms with Crippen LogP contribution in [-0.2, 0) is 0 Å². The lowest BCUT2D eigenvalue weighted by molar-refractivity contribution is -0.147. The molecular weight excluding hydrogens is 116 g/mol. The van der Waals surface area contributed by atoms with E-state index in [0.717, 1.165) is 0 Å². The molecule has 1 saturated carbocycles. The van der Waals surface area contributed by atoms with E-state index in [1.54, 1.807) is 7.85 Å². The Hall–Kier alpha value is -0.145. The van der Waals surface area contributed by atoms with Crippen LogP contribution in [0.1, 0.15) is 6.42 Å². The number of hydrogen-bond acceptors (Lipinski definition) is 0. The van der Waals surface area contributed by atoms with Gasteiger partial charge in [-0.25, -0.2) is 0 Å². The van der Waals surface area contributed by atoms with Gasteiger partial charge in [-0.2, -0.15) is 13.2 Å². The predicted molar refractivity (Wildman–Crippen MR) is 26.5 cm³/mol. The van der Waals surface area contributed by atoms with Crippen LogP contribution >= 0.6 is 0 Å². The van der Waals surface area contributed by atoms with Gasteiger partial charge < -0.3 is 0 Å². The summed E-state index contributed by atoms with van der Waals surface area (Å²) in [6.45, 7) is 0. The molecule has 0 bridgehead atoms. The van der Waals surface area contributed by atoms with E-state index in [-0.39, 0.29) is 5.82 Å². The largest absolute Gasteiger partial charge is 0.391 e. The lowest BCUT2D eigenvalue weighted by atomic mass is 10.0. The molecule has 0 aromatic heterocycles. The van der Waals surface area contributed by atoms with Gasteiger partial charge in [-0.15, -0.1) is 0 Å². The van der Waals surface area contributed by atoms with E-state index in [1.165, 1.54) is 0 Å². The highest BCUT2D eigenvalue weighted by Gasteiger charge is 2.52. The maximum absolute atomic E-state index is 11.5. The zero-order chi connectivity index (χ0) is 6.36. The molecule has 0 aromatic carbocycles.